The maximum absolute atomic E-state index is 11.8. The third-order valence-corrected chi connectivity index (χ3v) is 8.44. The van der Waals surface area contributed by atoms with E-state index >= 15 is 0 Å². The van der Waals surface area contributed by atoms with E-state index in [0.29, 0.717) is 6.07 Å². The smallest absolute Gasteiger partial charge is 0.282 e. The summed E-state index contributed by atoms with van der Waals surface area (Å²) in [6, 6.07) is 0.384. The van der Waals surface area contributed by atoms with Crippen molar-refractivity contribution in [2.45, 2.75) is 24.5 Å². The molecule has 15 nitrogen and oxygen atoms in total. The van der Waals surface area contributed by atoms with E-state index in [0.717, 1.165) is 0 Å². The zero-order valence-electron chi connectivity index (χ0n) is 13.6. The standard InChI is InChI=1S/C10H8O15S5/c11-26(12,13)6-2-1-4-5(8(6)28(17,18)19)3-7(27(14,15)16)10(30(23,24)25)9(4)29(20,21)22/h1-3H,(H,11,12,13)(H,14,15,16)(H,17,18,19)(H,20,21,22)(H,23,24,25). The highest BCUT2D eigenvalue weighted by Gasteiger charge is 2.37. The lowest BCUT2D eigenvalue weighted by Gasteiger charge is -2.15. The first-order chi connectivity index (χ1) is 13.1. The third kappa shape index (κ3) is 4.46. The van der Waals surface area contributed by atoms with Gasteiger partial charge < -0.3 is 0 Å². The lowest BCUT2D eigenvalue weighted by atomic mass is 10.1. The molecule has 0 aliphatic carbocycles. The van der Waals surface area contributed by atoms with Gasteiger partial charge in [0.05, 0.1) is 0 Å². The summed E-state index contributed by atoms with van der Waals surface area (Å²) in [5, 5.41) is -2.60. The highest BCUT2D eigenvalue weighted by molar-refractivity contribution is 7.91. The molecule has 0 saturated carbocycles. The number of benzene rings is 2. The number of rotatable bonds is 5. The van der Waals surface area contributed by atoms with Crippen molar-refractivity contribution in [3.8, 4) is 0 Å². The lowest BCUT2D eigenvalue weighted by Crippen LogP contribution is -2.16. The molecule has 2 aromatic carbocycles. The molecule has 0 aromatic heterocycles. The number of hydrogen-bond donors (Lipinski definition) is 5. The molecular weight excluding hydrogens is 520 g/mol. The molecule has 0 amide bonds. The Hall–Kier alpha value is -1.75. The van der Waals surface area contributed by atoms with Crippen molar-refractivity contribution in [2.24, 2.45) is 0 Å². The normalized spacial score (nSPS) is 14.2. The van der Waals surface area contributed by atoms with Crippen LogP contribution >= 0.6 is 0 Å². The summed E-state index contributed by atoms with van der Waals surface area (Å²) in [6.45, 7) is 0. The minimum Gasteiger partial charge on any atom is -0.282 e. The van der Waals surface area contributed by atoms with Crippen LogP contribution in [0.25, 0.3) is 10.8 Å². The molecule has 0 unspecified atom stereocenters. The molecule has 0 aliphatic rings. The molecule has 0 aliphatic heterocycles. The van der Waals surface area contributed by atoms with Crippen LogP contribution in [0.5, 0.6) is 0 Å². The van der Waals surface area contributed by atoms with Crippen LogP contribution in [0, 0.1) is 0 Å². The molecule has 2 aromatic rings. The fourth-order valence-electron chi connectivity index (χ4n) is 2.51. The minimum atomic E-state index is -5.87. The van der Waals surface area contributed by atoms with E-state index in [1.807, 2.05) is 0 Å². The average Bonchev–Trinajstić information content (AvgIpc) is 2.46. The Morgan fingerprint density at radius 1 is 0.433 bits per heavy atom. The number of fused-ring (bicyclic) bond motifs is 1. The topological polar surface area (TPSA) is 272 Å². The van der Waals surface area contributed by atoms with Crippen LogP contribution in [0.4, 0.5) is 0 Å². The summed E-state index contributed by atoms with van der Waals surface area (Å²) in [5.74, 6) is 0. The van der Waals surface area contributed by atoms with Crippen LogP contribution in [0.2, 0.25) is 0 Å². The molecule has 0 bridgehead atoms. The van der Waals surface area contributed by atoms with Gasteiger partial charge in [0, 0.05) is 10.8 Å². The highest BCUT2D eigenvalue weighted by atomic mass is 32.2. The second-order valence-electron chi connectivity index (χ2n) is 5.40. The van der Waals surface area contributed by atoms with Crippen LogP contribution in [0.15, 0.2) is 42.7 Å². The Bertz CT molecular complexity index is 1630. The van der Waals surface area contributed by atoms with Crippen molar-refractivity contribution < 1.29 is 64.9 Å². The van der Waals surface area contributed by atoms with E-state index in [1.165, 1.54) is 0 Å². The SMILES string of the molecule is O=S(=O)(O)c1cc2c(S(=O)(=O)O)c(S(=O)(=O)O)ccc2c(S(=O)(=O)O)c1S(=O)(=O)O. The molecule has 2 rings (SSSR count). The first-order valence-corrected chi connectivity index (χ1v) is 13.8. The fourth-order valence-corrected chi connectivity index (χ4v) is 7.89. The van der Waals surface area contributed by atoms with Crippen molar-refractivity contribution in [3.63, 3.8) is 0 Å². The van der Waals surface area contributed by atoms with Crippen LogP contribution < -0.4 is 0 Å². The number of hydrogen-bond acceptors (Lipinski definition) is 10. The van der Waals surface area contributed by atoms with Crippen LogP contribution in [0.1, 0.15) is 0 Å². The summed E-state index contributed by atoms with van der Waals surface area (Å²) < 4.78 is 163. The zero-order valence-corrected chi connectivity index (χ0v) is 17.7. The van der Waals surface area contributed by atoms with Crippen LogP contribution in [-0.2, 0) is 50.6 Å². The lowest BCUT2D eigenvalue weighted by molar-refractivity contribution is 0.457. The second kappa shape index (κ2) is 6.88. The van der Waals surface area contributed by atoms with Gasteiger partial charge in [0.25, 0.3) is 50.6 Å². The Morgan fingerprint density at radius 3 is 1.17 bits per heavy atom. The van der Waals surface area contributed by atoms with E-state index in [4.69, 9.17) is 4.55 Å². The van der Waals surface area contributed by atoms with E-state index < -0.39 is 85.8 Å². The van der Waals surface area contributed by atoms with Crippen LogP contribution in [-0.4, -0.2) is 64.9 Å². The van der Waals surface area contributed by atoms with Gasteiger partial charge in [0.15, 0.2) is 0 Å². The van der Waals surface area contributed by atoms with Crippen molar-refractivity contribution in [1.82, 2.24) is 0 Å². The second-order valence-corrected chi connectivity index (χ2v) is 12.3. The van der Waals surface area contributed by atoms with Crippen molar-refractivity contribution in [1.29, 1.82) is 0 Å². The van der Waals surface area contributed by atoms with Crippen molar-refractivity contribution in [3.05, 3.63) is 18.2 Å². The Kier molecular flexibility index (Phi) is 5.62. The Balaban J connectivity index is 3.59. The Labute approximate surface area is 168 Å². The van der Waals surface area contributed by atoms with Gasteiger partial charge in [-0.1, -0.05) is 6.07 Å². The van der Waals surface area contributed by atoms with Gasteiger partial charge in [-0.2, -0.15) is 42.1 Å². The Morgan fingerprint density at radius 2 is 0.833 bits per heavy atom. The summed E-state index contributed by atoms with van der Waals surface area (Å²) in [5.41, 5.74) is 0. The van der Waals surface area contributed by atoms with Crippen molar-refractivity contribution >= 4 is 61.4 Å². The molecule has 0 atom stereocenters. The van der Waals surface area contributed by atoms with Gasteiger partial charge in [0.2, 0.25) is 0 Å². The van der Waals surface area contributed by atoms with Gasteiger partial charge >= 0.3 is 0 Å². The molecule has 0 heterocycles. The first kappa shape index (κ1) is 24.5. The maximum Gasteiger partial charge on any atom is 0.297 e. The molecule has 20 heteroatoms. The molecule has 5 N–H and O–H groups in total. The molecule has 30 heavy (non-hydrogen) atoms. The molecule has 0 saturated heterocycles. The molecular formula is C10H8O15S5. The quantitative estimate of drug-likeness (QED) is 0.293. The predicted octanol–water partition coefficient (Wildman–Crippen LogP) is -0.927. The van der Waals surface area contributed by atoms with E-state index in [2.05, 4.69) is 0 Å². The predicted molar refractivity (Wildman–Crippen MR) is 93.0 cm³/mol. The fraction of sp³-hybridized carbons (Fsp3) is 0. The van der Waals surface area contributed by atoms with Gasteiger partial charge in [-0.15, -0.1) is 0 Å². The third-order valence-electron chi connectivity index (χ3n) is 3.44. The summed E-state index contributed by atoms with van der Waals surface area (Å²) >= 11 is 0. The zero-order chi connectivity index (χ0) is 23.7. The van der Waals surface area contributed by atoms with Gasteiger partial charge in [-0.05, 0) is 12.1 Å². The largest absolute Gasteiger partial charge is 0.297 e. The summed E-state index contributed by atoms with van der Waals surface area (Å²) in [4.78, 5) is -9.48. The molecule has 0 spiro atoms. The molecule has 0 fully saturated rings. The molecule has 0 radical (unpaired) electrons. The highest BCUT2D eigenvalue weighted by Crippen LogP contribution is 2.39. The van der Waals surface area contributed by atoms with Gasteiger partial charge in [-0.25, -0.2) is 0 Å². The van der Waals surface area contributed by atoms with Gasteiger partial charge in [-0.3, -0.25) is 22.8 Å². The van der Waals surface area contributed by atoms with Crippen molar-refractivity contribution in [2.75, 3.05) is 0 Å². The first-order valence-electron chi connectivity index (χ1n) is 6.59. The van der Waals surface area contributed by atoms with E-state index in [1.54, 1.807) is 0 Å². The van der Waals surface area contributed by atoms with Gasteiger partial charge in [0.1, 0.15) is 24.5 Å². The average molecular weight is 528 g/mol. The summed E-state index contributed by atoms with van der Waals surface area (Å²) in [6.07, 6.45) is 0. The summed E-state index contributed by atoms with van der Waals surface area (Å²) in [7, 11) is -28.7. The van der Waals surface area contributed by atoms with E-state index in [9.17, 15) is 60.3 Å². The minimum absolute atomic E-state index is 0.111. The maximum atomic E-state index is 11.8. The van der Waals surface area contributed by atoms with Crippen LogP contribution in [0.3, 0.4) is 0 Å². The van der Waals surface area contributed by atoms with E-state index in [-0.39, 0.29) is 12.1 Å². The molecule has 168 valence electrons. The monoisotopic (exact) mass is 528 g/mol.